The summed E-state index contributed by atoms with van der Waals surface area (Å²) in [5.41, 5.74) is 1.29. The van der Waals surface area contributed by atoms with Crippen molar-refractivity contribution in [3.05, 3.63) is 87.7 Å². The Morgan fingerprint density at radius 3 is 2.50 bits per heavy atom. The van der Waals surface area contributed by atoms with E-state index in [-0.39, 0.29) is 29.3 Å². The highest BCUT2D eigenvalue weighted by Gasteiger charge is 2.09. The number of amides is 1. The lowest BCUT2D eigenvalue weighted by Crippen LogP contribution is -2.23. The van der Waals surface area contributed by atoms with E-state index in [1.807, 2.05) is 0 Å². The fourth-order valence-corrected chi connectivity index (χ4v) is 2.55. The first-order valence-corrected chi connectivity index (χ1v) is 7.82. The Morgan fingerprint density at radius 1 is 1.08 bits per heavy atom. The molecule has 1 N–H and O–H groups in total. The Hall–Kier alpha value is -3.35. The van der Waals surface area contributed by atoms with Crippen LogP contribution in [0.4, 0.5) is 8.78 Å². The van der Waals surface area contributed by atoms with Gasteiger partial charge in [-0.3, -0.25) is 9.59 Å². The molecule has 3 rings (SSSR count). The Labute approximate surface area is 147 Å². The summed E-state index contributed by atoms with van der Waals surface area (Å²) < 4.78 is 28.0. The quantitative estimate of drug-likeness (QED) is 0.782. The maximum atomic E-state index is 13.4. The molecule has 0 bridgehead atoms. The zero-order chi connectivity index (χ0) is 18.7. The van der Waals surface area contributed by atoms with Crippen LogP contribution in [0, 0.1) is 11.6 Å². The van der Waals surface area contributed by atoms with Crippen molar-refractivity contribution in [3.8, 4) is 11.3 Å². The van der Waals surface area contributed by atoms with Crippen LogP contribution in [0.25, 0.3) is 11.3 Å². The average molecular weight is 355 g/mol. The number of nitrogens with zero attached hydrogens (tertiary/aromatic N) is 2. The molecule has 3 aromatic rings. The molecule has 7 heteroatoms. The second kappa shape index (κ2) is 7.26. The number of aromatic nitrogens is 2. The van der Waals surface area contributed by atoms with E-state index in [2.05, 4.69) is 10.4 Å². The van der Waals surface area contributed by atoms with E-state index >= 15 is 0 Å². The van der Waals surface area contributed by atoms with Crippen LogP contribution in [0.3, 0.4) is 0 Å². The highest BCUT2D eigenvalue weighted by molar-refractivity contribution is 5.94. The van der Waals surface area contributed by atoms with E-state index in [0.29, 0.717) is 11.1 Å². The summed E-state index contributed by atoms with van der Waals surface area (Å²) in [5.74, 6) is -1.69. The second-order valence-electron chi connectivity index (χ2n) is 5.65. The first kappa shape index (κ1) is 17.5. The molecule has 1 heterocycles. The largest absolute Gasteiger partial charge is 0.355 e. The van der Waals surface area contributed by atoms with Crippen LogP contribution < -0.4 is 10.9 Å². The van der Waals surface area contributed by atoms with E-state index in [1.54, 1.807) is 24.3 Å². The highest BCUT2D eigenvalue weighted by atomic mass is 19.1. The number of halogens is 2. The summed E-state index contributed by atoms with van der Waals surface area (Å²) in [6, 6.07) is 12.5. The number of rotatable bonds is 4. The molecule has 0 saturated carbocycles. The molecule has 1 aromatic heterocycles. The smallest absolute Gasteiger partial charge is 0.267 e. The lowest BCUT2D eigenvalue weighted by molar-refractivity contribution is 0.0963. The van der Waals surface area contributed by atoms with Gasteiger partial charge in [-0.1, -0.05) is 12.1 Å². The monoisotopic (exact) mass is 355 g/mol. The van der Waals surface area contributed by atoms with Crippen molar-refractivity contribution in [1.29, 1.82) is 0 Å². The number of carbonyl (C=O) groups excluding carboxylic acids is 1. The Morgan fingerprint density at radius 2 is 1.81 bits per heavy atom. The van der Waals surface area contributed by atoms with Crippen LogP contribution >= 0.6 is 0 Å². The lowest BCUT2D eigenvalue weighted by atomic mass is 10.1. The van der Waals surface area contributed by atoms with Gasteiger partial charge in [0.05, 0.1) is 12.2 Å². The van der Waals surface area contributed by atoms with E-state index in [1.165, 1.54) is 23.9 Å². The van der Waals surface area contributed by atoms with Crippen LogP contribution in [0.2, 0.25) is 0 Å². The number of benzene rings is 2. The van der Waals surface area contributed by atoms with Crippen LogP contribution in [-0.2, 0) is 6.54 Å². The standard InChI is InChI=1S/C19H15F2N3O2/c1-22-19(26)13-4-2-3-12(7-13)11-24-18(25)6-5-17(23-24)14-8-15(20)10-16(21)9-14/h2-10H,11H2,1H3,(H,22,26). The molecular formula is C19H15F2N3O2. The van der Waals surface area contributed by atoms with Gasteiger partial charge in [0, 0.05) is 30.3 Å². The maximum absolute atomic E-state index is 13.4. The summed E-state index contributed by atoms with van der Waals surface area (Å²) in [6.07, 6.45) is 0. The van der Waals surface area contributed by atoms with Gasteiger partial charge in [0.25, 0.3) is 11.5 Å². The fraction of sp³-hybridized carbons (Fsp3) is 0.105. The van der Waals surface area contributed by atoms with Crippen molar-refractivity contribution < 1.29 is 13.6 Å². The van der Waals surface area contributed by atoms with Crippen molar-refractivity contribution in [3.63, 3.8) is 0 Å². The van der Waals surface area contributed by atoms with Gasteiger partial charge in [0.1, 0.15) is 11.6 Å². The molecule has 0 saturated heterocycles. The Kier molecular flexibility index (Phi) is 4.88. The molecule has 0 fully saturated rings. The topological polar surface area (TPSA) is 64.0 Å². The highest BCUT2D eigenvalue weighted by Crippen LogP contribution is 2.18. The van der Waals surface area contributed by atoms with Crippen molar-refractivity contribution in [1.82, 2.24) is 15.1 Å². The van der Waals surface area contributed by atoms with Crippen molar-refractivity contribution in [2.75, 3.05) is 7.05 Å². The minimum Gasteiger partial charge on any atom is -0.355 e. The molecule has 26 heavy (non-hydrogen) atoms. The van der Waals surface area contributed by atoms with Gasteiger partial charge in [0.15, 0.2) is 0 Å². The van der Waals surface area contributed by atoms with Crippen LogP contribution in [-0.4, -0.2) is 22.7 Å². The normalized spacial score (nSPS) is 10.6. The van der Waals surface area contributed by atoms with E-state index < -0.39 is 11.6 Å². The number of hydrogen-bond acceptors (Lipinski definition) is 3. The molecule has 0 aliphatic rings. The molecule has 0 radical (unpaired) electrons. The first-order valence-electron chi connectivity index (χ1n) is 7.82. The third-order valence-electron chi connectivity index (χ3n) is 3.77. The molecule has 0 aliphatic heterocycles. The van der Waals surface area contributed by atoms with Gasteiger partial charge in [-0.25, -0.2) is 13.5 Å². The zero-order valence-corrected chi connectivity index (χ0v) is 13.9. The summed E-state index contributed by atoms with van der Waals surface area (Å²) in [7, 11) is 1.53. The fourth-order valence-electron chi connectivity index (χ4n) is 2.55. The summed E-state index contributed by atoms with van der Waals surface area (Å²) in [4.78, 5) is 23.8. The molecule has 0 atom stereocenters. The third-order valence-corrected chi connectivity index (χ3v) is 3.77. The number of hydrogen-bond donors (Lipinski definition) is 1. The predicted molar refractivity (Wildman–Crippen MR) is 92.8 cm³/mol. The molecule has 0 aliphatic carbocycles. The van der Waals surface area contributed by atoms with Crippen molar-refractivity contribution >= 4 is 5.91 Å². The predicted octanol–water partition coefficient (Wildman–Crippen LogP) is 2.60. The Balaban J connectivity index is 1.96. The van der Waals surface area contributed by atoms with Crippen LogP contribution in [0.15, 0.2) is 59.4 Å². The minimum absolute atomic E-state index is 0.120. The maximum Gasteiger partial charge on any atom is 0.267 e. The average Bonchev–Trinajstić information content (AvgIpc) is 2.62. The Bertz CT molecular complexity index is 1010. The van der Waals surface area contributed by atoms with Gasteiger partial charge in [0.2, 0.25) is 0 Å². The minimum atomic E-state index is -0.724. The molecule has 2 aromatic carbocycles. The van der Waals surface area contributed by atoms with Crippen LogP contribution in [0.5, 0.6) is 0 Å². The SMILES string of the molecule is CNC(=O)c1cccc(Cn2nc(-c3cc(F)cc(F)c3)ccc2=O)c1. The molecule has 5 nitrogen and oxygen atoms in total. The number of nitrogens with one attached hydrogen (secondary N) is 1. The summed E-state index contributed by atoms with van der Waals surface area (Å²) in [5, 5.41) is 6.72. The van der Waals surface area contributed by atoms with Gasteiger partial charge >= 0.3 is 0 Å². The third kappa shape index (κ3) is 3.83. The summed E-state index contributed by atoms with van der Waals surface area (Å²) >= 11 is 0. The van der Waals surface area contributed by atoms with Gasteiger partial charge in [-0.15, -0.1) is 0 Å². The van der Waals surface area contributed by atoms with Crippen molar-refractivity contribution in [2.24, 2.45) is 0 Å². The van der Waals surface area contributed by atoms with E-state index in [0.717, 1.165) is 18.2 Å². The second-order valence-corrected chi connectivity index (χ2v) is 5.65. The van der Waals surface area contributed by atoms with Crippen molar-refractivity contribution in [2.45, 2.75) is 6.54 Å². The number of carbonyl (C=O) groups is 1. The van der Waals surface area contributed by atoms with Gasteiger partial charge < -0.3 is 5.32 Å². The van der Waals surface area contributed by atoms with E-state index in [4.69, 9.17) is 0 Å². The molecular weight excluding hydrogens is 340 g/mol. The molecule has 132 valence electrons. The molecule has 0 spiro atoms. The summed E-state index contributed by atoms with van der Waals surface area (Å²) in [6.45, 7) is 0.120. The van der Waals surface area contributed by atoms with Gasteiger partial charge in [-0.05, 0) is 35.9 Å². The van der Waals surface area contributed by atoms with Crippen LogP contribution in [0.1, 0.15) is 15.9 Å². The first-order chi connectivity index (χ1) is 12.5. The van der Waals surface area contributed by atoms with E-state index in [9.17, 15) is 18.4 Å². The zero-order valence-electron chi connectivity index (χ0n) is 13.9. The lowest BCUT2D eigenvalue weighted by Gasteiger charge is -2.09. The molecule has 1 amide bonds. The van der Waals surface area contributed by atoms with Gasteiger partial charge in [-0.2, -0.15) is 5.10 Å². The molecule has 0 unspecified atom stereocenters.